The molecule has 0 radical (unpaired) electrons. The third-order valence-electron chi connectivity index (χ3n) is 2.23. The fourth-order valence-corrected chi connectivity index (χ4v) is 1.28. The molecule has 0 saturated heterocycles. The summed E-state index contributed by atoms with van der Waals surface area (Å²) in [4.78, 5) is 13.3. The molecule has 0 aliphatic rings. The zero-order valence-electron chi connectivity index (χ0n) is 10.1. The van der Waals surface area contributed by atoms with Crippen LogP contribution in [0.15, 0.2) is 24.5 Å². The SMILES string of the molecule is CN(C)C(=O)c1ccc[n+](C(C)(C)C)c1. The van der Waals surface area contributed by atoms with Crippen LogP contribution in [0.4, 0.5) is 0 Å². The van der Waals surface area contributed by atoms with Crippen molar-refractivity contribution in [1.82, 2.24) is 4.90 Å². The molecule has 1 amide bonds. The Balaban J connectivity index is 3.09. The van der Waals surface area contributed by atoms with Gasteiger partial charge in [-0.2, -0.15) is 4.57 Å². The maximum Gasteiger partial charge on any atom is 0.259 e. The van der Waals surface area contributed by atoms with Crippen LogP contribution in [0.3, 0.4) is 0 Å². The average Bonchev–Trinajstić information content (AvgIpc) is 2.15. The lowest BCUT2D eigenvalue weighted by molar-refractivity contribution is -0.754. The molecule has 0 fully saturated rings. The van der Waals surface area contributed by atoms with Gasteiger partial charge in [0.05, 0.1) is 0 Å². The number of carbonyl (C=O) groups excluding carboxylic acids is 1. The molecule has 1 aromatic rings. The van der Waals surface area contributed by atoms with Gasteiger partial charge in [0.25, 0.3) is 5.91 Å². The number of aromatic nitrogens is 1. The number of hydrogen-bond donors (Lipinski definition) is 0. The van der Waals surface area contributed by atoms with Gasteiger partial charge in [0.15, 0.2) is 17.9 Å². The highest BCUT2D eigenvalue weighted by atomic mass is 16.2. The molecule has 0 N–H and O–H groups in total. The highest BCUT2D eigenvalue weighted by Gasteiger charge is 2.22. The Bertz CT molecular complexity index is 364. The number of hydrogen-bond acceptors (Lipinski definition) is 1. The average molecular weight is 207 g/mol. The van der Waals surface area contributed by atoms with E-state index in [4.69, 9.17) is 0 Å². The van der Waals surface area contributed by atoms with Crippen molar-refractivity contribution >= 4 is 5.91 Å². The van der Waals surface area contributed by atoms with Crippen LogP contribution in [-0.4, -0.2) is 24.9 Å². The van der Waals surface area contributed by atoms with Gasteiger partial charge in [-0.15, -0.1) is 0 Å². The Morgan fingerprint density at radius 2 is 1.93 bits per heavy atom. The molecule has 0 unspecified atom stereocenters. The maximum atomic E-state index is 11.7. The lowest BCUT2D eigenvalue weighted by Crippen LogP contribution is -2.50. The Labute approximate surface area is 91.3 Å². The number of pyridine rings is 1. The Morgan fingerprint density at radius 3 is 2.40 bits per heavy atom. The lowest BCUT2D eigenvalue weighted by Gasteiger charge is -2.14. The van der Waals surface area contributed by atoms with Crippen LogP contribution in [0.5, 0.6) is 0 Å². The van der Waals surface area contributed by atoms with Gasteiger partial charge in [-0.1, -0.05) is 0 Å². The van der Waals surface area contributed by atoms with Gasteiger partial charge in [-0.25, -0.2) is 0 Å². The molecule has 1 heterocycles. The molecule has 0 bridgehead atoms. The van der Waals surface area contributed by atoms with E-state index >= 15 is 0 Å². The van der Waals surface area contributed by atoms with E-state index in [0.29, 0.717) is 0 Å². The molecule has 1 rings (SSSR count). The van der Waals surface area contributed by atoms with Crippen molar-refractivity contribution in [3.63, 3.8) is 0 Å². The van der Waals surface area contributed by atoms with E-state index in [2.05, 4.69) is 20.8 Å². The Kier molecular flexibility index (Phi) is 3.12. The van der Waals surface area contributed by atoms with Crippen molar-refractivity contribution in [3.8, 4) is 0 Å². The van der Waals surface area contributed by atoms with E-state index in [0.717, 1.165) is 5.56 Å². The number of nitrogens with zero attached hydrogens (tertiary/aromatic N) is 2. The first kappa shape index (κ1) is 11.7. The zero-order valence-corrected chi connectivity index (χ0v) is 10.1. The zero-order chi connectivity index (χ0) is 11.6. The molecule has 0 atom stereocenters. The van der Waals surface area contributed by atoms with E-state index < -0.39 is 0 Å². The summed E-state index contributed by atoms with van der Waals surface area (Å²) < 4.78 is 2.05. The minimum Gasteiger partial charge on any atom is -0.345 e. The topological polar surface area (TPSA) is 24.2 Å². The Morgan fingerprint density at radius 1 is 1.33 bits per heavy atom. The molecule has 3 nitrogen and oxygen atoms in total. The van der Waals surface area contributed by atoms with Crippen LogP contribution in [-0.2, 0) is 5.54 Å². The second-order valence-corrected chi connectivity index (χ2v) is 4.87. The molecule has 0 spiro atoms. The molecule has 0 saturated carbocycles. The van der Waals surface area contributed by atoms with Crippen LogP contribution in [0.1, 0.15) is 31.1 Å². The van der Waals surface area contributed by atoms with Crippen LogP contribution in [0.2, 0.25) is 0 Å². The molecular weight excluding hydrogens is 188 g/mol. The van der Waals surface area contributed by atoms with Gasteiger partial charge >= 0.3 is 0 Å². The Hall–Kier alpha value is -1.38. The molecule has 0 aliphatic heterocycles. The summed E-state index contributed by atoms with van der Waals surface area (Å²) in [6.45, 7) is 6.32. The first-order valence-electron chi connectivity index (χ1n) is 5.06. The first-order valence-corrected chi connectivity index (χ1v) is 5.06. The van der Waals surface area contributed by atoms with E-state index in [1.165, 1.54) is 0 Å². The van der Waals surface area contributed by atoms with Crippen LogP contribution in [0, 0.1) is 0 Å². The van der Waals surface area contributed by atoms with Crippen LogP contribution in [0.25, 0.3) is 0 Å². The van der Waals surface area contributed by atoms with Gasteiger partial charge in [0, 0.05) is 40.9 Å². The summed E-state index contributed by atoms with van der Waals surface area (Å²) >= 11 is 0. The van der Waals surface area contributed by atoms with Crippen molar-refractivity contribution in [2.75, 3.05) is 14.1 Å². The van der Waals surface area contributed by atoms with Crippen molar-refractivity contribution in [3.05, 3.63) is 30.1 Å². The van der Waals surface area contributed by atoms with Crippen molar-refractivity contribution < 1.29 is 9.36 Å². The van der Waals surface area contributed by atoms with Crippen LogP contribution >= 0.6 is 0 Å². The molecule has 15 heavy (non-hydrogen) atoms. The largest absolute Gasteiger partial charge is 0.345 e. The quantitative estimate of drug-likeness (QED) is 0.639. The predicted molar refractivity (Wildman–Crippen MR) is 59.7 cm³/mol. The monoisotopic (exact) mass is 207 g/mol. The molecular formula is C12H19N2O+. The summed E-state index contributed by atoms with van der Waals surface area (Å²) in [7, 11) is 3.52. The summed E-state index contributed by atoms with van der Waals surface area (Å²) in [6.07, 6.45) is 3.87. The second-order valence-electron chi connectivity index (χ2n) is 4.87. The number of carbonyl (C=O) groups is 1. The third-order valence-corrected chi connectivity index (χ3v) is 2.23. The van der Waals surface area contributed by atoms with Crippen LogP contribution < -0.4 is 4.57 Å². The molecule has 0 aromatic carbocycles. The predicted octanol–water partition coefficient (Wildman–Crippen LogP) is 1.43. The summed E-state index contributed by atoms with van der Waals surface area (Å²) in [5.41, 5.74) is 0.722. The molecule has 3 heteroatoms. The fraction of sp³-hybridized carbons (Fsp3) is 0.500. The summed E-state index contributed by atoms with van der Waals surface area (Å²) in [6, 6.07) is 3.74. The standard InChI is InChI=1S/C12H19N2O/c1-12(2,3)14-8-6-7-10(9-14)11(15)13(4)5/h6-9H,1-5H3/q+1. The molecule has 0 aliphatic carbocycles. The third kappa shape index (κ3) is 2.78. The van der Waals surface area contributed by atoms with Crippen molar-refractivity contribution in [2.24, 2.45) is 0 Å². The summed E-state index contributed by atoms with van der Waals surface area (Å²) in [5, 5.41) is 0. The minimum atomic E-state index is 0.00258. The molecule has 82 valence electrons. The maximum absolute atomic E-state index is 11.7. The van der Waals surface area contributed by atoms with Crippen molar-refractivity contribution in [2.45, 2.75) is 26.3 Å². The fourth-order valence-electron chi connectivity index (χ4n) is 1.28. The number of rotatable bonds is 1. The van der Waals surface area contributed by atoms with Crippen molar-refractivity contribution in [1.29, 1.82) is 0 Å². The normalized spacial score (nSPS) is 11.3. The second kappa shape index (κ2) is 4.01. The van der Waals surface area contributed by atoms with Gasteiger partial charge in [-0.05, 0) is 6.07 Å². The van der Waals surface area contributed by atoms with Gasteiger partial charge < -0.3 is 4.90 Å². The summed E-state index contributed by atoms with van der Waals surface area (Å²) in [5.74, 6) is 0.0357. The highest BCUT2D eigenvalue weighted by Crippen LogP contribution is 2.05. The lowest BCUT2D eigenvalue weighted by atomic mass is 10.1. The highest BCUT2D eigenvalue weighted by molar-refractivity contribution is 5.93. The minimum absolute atomic E-state index is 0.00258. The van der Waals surface area contributed by atoms with E-state index in [-0.39, 0.29) is 11.4 Å². The van der Waals surface area contributed by atoms with Gasteiger partial charge in [0.1, 0.15) is 5.56 Å². The number of amides is 1. The molecule has 1 aromatic heterocycles. The van der Waals surface area contributed by atoms with Gasteiger partial charge in [-0.3, -0.25) is 4.79 Å². The van der Waals surface area contributed by atoms with E-state index in [9.17, 15) is 4.79 Å². The van der Waals surface area contributed by atoms with E-state index in [1.54, 1.807) is 19.0 Å². The van der Waals surface area contributed by atoms with E-state index in [1.807, 2.05) is 29.1 Å². The smallest absolute Gasteiger partial charge is 0.259 e. The van der Waals surface area contributed by atoms with Gasteiger partial charge in [0.2, 0.25) is 0 Å². The first-order chi connectivity index (χ1) is 6.82.